The largest absolute Gasteiger partial charge is 0.494 e. The molecule has 1 aromatic rings. The Morgan fingerprint density at radius 3 is 2.30 bits per heavy atom. The standard InChI is InChI=1S/C18H22N2O3/c1-3-12-23-14-8-6-13(7-9-14)15-16(20-10-4-5-11-20)18(22)19(2)17(15)21/h6-9H,3-5,10-12H2,1-2H3. The fourth-order valence-electron chi connectivity index (χ4n) is 3.06. The SMILES string of the molecule is CCCOc1ccc(C2=C(N3CCCC3)C(=O)N(C)C2=O)cc1. The number of benzene rings is 1. The Labute approximate surface area is 136 Å². The van der Waals surface area contributed by atoms with Crippen LogP contribution in [-0.4, -0.2) is 48.4 Å². The molecule has 122 valence electrons. The first-order valence-electron chi connectivity index (χ1n) is 8.18. The Morgan fingerprint density at radius 2 is 1.70 bits per heavy atom. The monoisotopic (exact) mass is 314 g/mol. The van der Waals surface area contributed by atoms with Crippen LogP contribution in [0.15, 0.2) is 30.0 Å². The van der Waals surface area contributed by atoms with Crippen molar-refractivity contribution in [2.24, 2.45) is 0 Å². The second-order valence-electron chi connectivity index (χ2n) is 5.96. The van der Waals surface area contributed by atoms with Crippen LogP contribution in [0.2, 0.25) is 0 Å². The van der Waals surface area contributed by atoms with Gasteiger partial charge >= 0.3 is 0 Å². The molecule has 2 amide bonds. The van der Waals surface area contributed by atoms with Gasteiger partial charge in [-0.25, -0.2) is 0 Å². The quantitative estimate of drug-likeness (QED) is 0.783. The molecule has 0 aromatic heterocycles. The van der Waals surface area contributed by atoms with E-state index in [0.29, 0.717) is 17.9 Å². The van der Waals surface area contributed by atoms with Crippen molar-refractivity contribution in [1.82, 2.24) is 9.80 Å². The predicted molar refractivity (Wildman–Crippen MR) is 87.7 cm³/mol. The van der Waals surface area contributed by atoms with Crippen LogP contribution >= 0.6 is 0 Å². The fourth-order valence-corrected chi connectivity index (χ4v) is 3.06. The lowest BCUT2D eigenvalue weighted by Crippen LogP contribution is -2.31. The van der Waals surface area contributed by atoms with Crippen molar-refractivity contribution in [3.63, 3.8) is 0 Å². The molecule has 0 unspecified atom stereocenters. The Hall–Kier alpha value is -2.30. The maximum absolute atomic E-state index is 12.5. The molecule has 0 N–H and O–H groups in total. The first-order valence-corrected chi connectivity index (χ1v) is 8.18. The molecule has 23 heavy (non-hydrogen) atoms. The molecule has 0 spiro atoms. The number of likely N-dealkylation sites (N-methyl/N-ethyl adjacent to an activating group) is 1. The minimum atomic E-state index is -0.223. The second-order valence-corrected chi connectivity index (χ2v) is 5.96. The molecule has 5 heteroatoms. The summed E-state index contributed by atoms with van der Waals surface area (Å²) in [6, 6.07) is 7.44. The van der Waals surface area contributed by atoms with E-state index in [1.54, 1.807) is 7.05 Å². The van der Waals surface area contributed by atoms with Gasteiger partial charge in [0.2, 0.25) is 0 Å². The third-order valence-electron chi connectivity index (χ3n) is 4.30. The average molecular weight is 314 g/mol. The van der Waals surface area contributed by atoms with E-state index in [1.807, 2.05) is 29.2 Å². The van der Waals surface area contributed by atoms with Crippen LogP contribution in [0.1, 0.15) is 31.7 Å². The number of hydrogen-bond donors (Lipinski definition) is 0. The van der Waals surface area contributed by atoms with E-state index in [4.69, 9.17) is 4.74 Å². The number of amides is 2. The van der Waals surface area contributed by atoms with Gasteiger partial charge in [0, 0.05) is 20.1 Å². The molecule has 0 saturated carbocycles. The van der Waals surface area contributed by atoms with Crippen LogP contribution in [0.25, 0.3) is 5.57 Å². The van der Waals surface area contributed by atoms with Gasteiger partial charge in [-0.1, -0.05) is 19.1 Å². The van der Waals surface area contributed by atoms with Gasteiger partial charge in [-0.3, -0.25) is 14.5 Å². The summed E-state index contributed by atoms with van der Waals surface area (Å²) in [5.74, 6) is 0.362. The van der Waals surface area contributed by atoms with Crippen LogP contribution in [0.4, 0.5) is 0 Å². The number of nitrogens with zero attached hydrogens (tertiary/aromatic N) is 2. The lowest BCUT2D eigenvalue weighted by atomic mass is 10.0. The van der Waals surface area contributed by atoms with Crippen LogP contribution in [0.3, 0.4) is 0 Å². The van der Waals surface area contributed by atoms with Crippen LogP contribution in [-0.2, 0) is 9.59 Å². The number of rotatable bonds is 5. The zero-order valence-corrected chi connectivity index (χ0v) is 13.7. The lowest BCUT2D eigenvalue weighted by molar-refractivity contribution is -0.135. The number of ether oxygens (including phenoxy) is 1. The summed E-state index contributed by atoms with van der Waals surface area (Å²) in [5, 5.41) is 0. The Kier molecular flexibility index (Phi) is 4.37. The molecule has 2 aliphatic rings. The molecule has 2 aliphatic heterocycles. The van der Waals surface area contributed by atoms with E-state index in [1.165, 1.54) is 4.90 Å². The number of hydrogen-bond acceptors (Lipinski definition) is 4. The van der Waals surface area contributed by atoms with Gasteiger partial charge in [0.25, 0.3) is 11.8 Å². The van der Waals surface area contributed by atoms with E-state index in [-0.39, 0.29) is 11.8 Å². The molecular formula is C18H22N2O3. The minimum absolute atomic E-state index is 0.196. The van der Waals surface area contributed by atoms with Gasteiger partial charge in [-0.15, -0.1) is 0 Å². The number of likely N-dealkylation sites (tertiary alicyclic amines) is 1. The highest BCUT2D eigenvalue weighted by Gasteiger charge is 2.39. The summed E-state index contributed by atoms with van der Waals surface area (Å²) in [6.45, 7) is 4.40. The highest BCUT2D eigenvalue weighted by Crippen LogP contribution is 2.33. The lowest BCUT2D eigenvalue weighted by Gasteiger charge is -2.19. The Morgan fingerprint density at radius 1 is 1.04 bits per heavy atom. The summed E-state index contributed by atoms with van der Waals surface area (Å²) < 4.78 is 5.58. The van der Waals surface area contributed by atoms with E-state index in [9.17, 15) is 9.59 Å². The molecule has 0 bridgehead atoms. The van der Waals surface area contributed by atoms with Crippen molar-refractivity contribution in [3.8, 4) is 5.75 Å². The summed E-state index contributed by atoms with van der Waals surface area (Å²) in [4.78, 5) is 28.3. The molecule has 0 aliphatic carbocycles. The molecular weight excluding hydrogens is 292 g/mol. The van der Waals surface area contributed by atoms with E-state index in [0.717, 1.165) is 43.7 Å². The summed E-state index contributed by atoms with van der Waals surface area (Å²) >= 11 is 0. The molecule has 0 atom stereocenters. The molecule has 3 rings (SSSR count). The molecule has 5 nitrogen and oxygen atoms in total. The van der Waals surface area contributed by atoms with Gasteiger partial charge in [0.15, 0.2) is 0 Å². The third kappa shape index (κ3) is 2.83. The Balaban J connectivity index is 1.96. The van der Waals surface area contributed by atoms with E-state index < -0.39 is 0 Å². The van der Waals surface area contributed by atoms with Crippen molar-refractivity contribution >= 4 is 17.4 Å². The van der Waals surface area contributed by atoms with Gasteiger partial charge in [0.1, 0.15) is 11.4 Å². The van der Waals surface area contributed by atoms with Gasteiger partial charge in [-0.2, -0.15) is 0 Å². The first kappa shape index (κ1) is 15.6. The summed E-state index contributed by atoms with van der Waals surface area (Å²) in [6.07, 6.45) is 3.07. The van der Waals surface area contributed by atoms with Gasteiger partial charge in [-0.05, 0) is 37.0 Å². The smallest absolute Gasteiger partial charge is 0.277 e. The highest BCUT2D eigenvalue weighted by molar-refractivity contribution is 6.35. The normalized spacial score (nSPS) is 18.3. The zero-order chi connectivity index (χ0) is 16.4. The molecule has 1 aromatic carbocycles. The van der Waals surface area contributed by atoms with Crippen molar-refractivity contribution in [2.75, 3.05) is 26.7 Å². The van der Waals surface area contributed by atoms with E-state index in [2.05, 4.69) is 6.92 Å². The van der Waals surface area contributed by atoms with Gasteiger partial charge < -0.3 is 9.64 Å². The fraction of sp³-hybridized carbons (Fsp3) is 0.444. The number of carbonyl (C=O) groups is 2. The maximum atomic E-state index is 12.5. The number of carbonyl (C=O) groups excluding carboxylic acids is 2. The van der Waals surface area contributed by atoms with E-state index >= 15 is 0 Å². The molecule has 1 fully saturated rings. The van der Waals surface area contributed by atoms with Crippen LogP contribution < -0.4 is 4.74 Å². The van der Waals surface area contributed by atoms with Crippen LogP contribution in [0.5, 0.6) is 5.75 Å². The first-order chi connectivity index (χ1) is 11.1. The van der Waals surface area contributed by atoms with Crippen molar-refractivity contribution in [1.29, 1.82) is 0 Å². The third-order valence-corrected chi connectivity index (χ3v) is 4.30. The van der Waals surface area contributed by atoms with Crippen LogP contribution in [0, 0.1) is 0 Å². The summed E-state index contributed by atoms with van der Waals surface area (Å²) in [5.41, 5.74) is 1.84. The van der Waals surface area contributed by atoms with Crippen molar-refractivity contribution in [3.05, 3.63) is 35.5 Å². The van der Waals surface area contributed by atoms with Gasteiger partial charge in [0.05, 0.1) is 12.2 Å². The molecule has 1 saturated heterocycles. The topological polar surface area (TPSA) is 49.9 Å². The minimum Gasteiger partial charge on any atom is -0.494 e. The highest BCUT2D eigenvalue weighted by atomic mass is 16.5. The van der Waals surface area contributed by atoms with Crippen molar-refractivity contribution < 1.29 is 14.3 Å². The number of imide groups is 1. The second kappa shape index (κ2) is 6.44. The maximum Gasteiger partial charge on any atom is 0.277 e. The van der Waals surface area contributed by atoms with Crippen molar-refractivity contribution in [2.45, 2.75) is 26.2 Å². The zero-order valence-electron chi connectivity index (χ0n) is 13.7. The molecule has 2 heterocycles. The Bertz CT molecular complexity index is 643. The average Bonchev–Trinajstić information content (AvgIpc) is 3.16. The predicted octanol–water partition coefficient (Wildman–Crippen LogP) is 2.28. The summed E-state index contributed by atoms with van der Waals surface area (Å²) in [7, 11) is 1.55. The molecule has 0 radical (unpaired) electrons.